The molecule has 4 heteroatoms. The third kappa shape index (κ3) is 7.59. The van der Waals surface area contributed by atoms with Gasteiger partial charge in [-0.3, -0.25) is 0 Å². The van der Waals surface area contributed by atoms with Gasteiger partial charge in [-0.25, -0.2) is 4.79 Å². The molecule has 0 radical (unpaired) electrons. The lowest BCUT2D eigenvalue weighted by atomic mass is 10.1. The number of nitrogens with one attached hydrogen (secondary N) is 2. The number of hydrogen-bond donors (Lipinski definition) is 2. The fraction of sp³-hybridized carbons (Fsp3) is 0.588. The van der Waals surface area contributed by atoms with E-state index in [2.05, 4.69) is 24.5 Å². The maximum absolute atomic E-state index is 11.8. The largest absolute Gasteiger partial charge is 0.497 e. The van der Waals surface area contributed by atoms with Gasteiger partial charge in [-0.1, -0.05) is 26.0 Å². The van der Waals surface area contributed by atoms with Crippen LogP contribution >= 0.6 is 0 Å². The van der Waals surface area contributed by atoms with Crippen LogP contribution in [0.25, 0.3) is 0 Å². The van der Waals surface area contributed by atoms with Crippen molar-refractivity contribution < 1.29 is 9.53 Å². The Labute approximate surface area is 128 Å². The van der Waals surface area contributed by atoms with E-state index in [0.717, 1.165) is 37.1 Å². The molecule has 1 unspecified atom stereocenters. The highest BCUT2D eigenvalue weighted by molar-refractivity contribution is 5.74. The molecule has 0 aliphatic carbocycles. The zero-order valence-corrected chi connectivity index (χ0v) is 13.6. The number of rotatable bonds is 8. The second-order valence-electron chi connectivity index (χ2n) is 5.89. The Kier molecular flexibility index (Phi) is 7.65. The van der Waals surface area contributed by atoms with Crippen LogP contribution in [0.1, 0.15) is 39.2 Å². The van der Waals surface area contributed by atoms with Crippen LogP contribution in [0.4, 0.5) is 4.79 Å². The van der Waals surface area contributed by atoms with Crippen molar-refractivity contribution >= 4 is 6.03 Å². The first-order valence-electron chi connectivity index (χ1n) is 7.68. The van der Waals surface area contributed by atoms with Crippen LogP contribution in [0.15, 0.2) is 24.3 Å². The summed E-state index contributed by atoms with van der Waals surface area (Å²) in [5.41, 5.74) is 1.15. The van der Waals surface area contributed by atoms with Crippen LogP contribution in [0.3, 0.4) is 0 Å². The van der Waals surface area contributed by atoms with Crippen molar-refractivity contribution in [2.75, 3.05) is 13.7 Å². The Morgan fingerprint density at radius 3 is 2.71 bits per heavy atom. The number of ether oxygens (including phenoxy) is 1. The minimum atomic E-state index is -0.0887. The van der Waals surface area contributed by atoms with Gasteiger partial charge < -0.3 is 15.4 Å². The summed E-state index contributed by atoms with van der Waals surface area (Å²) in [7, 11) is 1.66. The molecule has 2 N–H and O–H groups in total. The maximum atomic E-state index is 11.8. The number of hydrogen-bond acceptors (Lipinski definition) is 2. The summed E-state index contributed by atoms with van der Waals surface area (Å²) in [5.74, 6) is 1.53. The van der Waals surface area contributed by atoms with E-state index in [0.29, 0.717) is 5.92 Å². The van der Waals surface area contributed by atoms with Crippen LogP contribution in [0, 0.1) is 5.92 Å². The van der Waals surface area contributed by atoms with E-state index >= 15 is 0 Å². The predicted octanol–water partition coefficient (Wildman–Crippen LogP) is 3.36. The quantitative estimate of drug-likeness (QED) is 0.722. The van der Waals surface area contributed by atoms with Crippen molar-refractivity contribution in [3.8, 4) is 5.75 Å². The van der Waals surface area contributed by atoms with Crippen molar-refractivity contribution in [3.05, 3.63) is 29.8 Å². The topological polar surface area (TPSA) is 50.4 Å². The summed E-state index contributed by atoms with van der Waals surface area (Å²) in [5, 5.41) is 5.87. The average molecular weight is 292 g/mol. The molecule has 2 amide bonds. The molecule has 0 bridgehead atoms. The Morgan fingerprint density at radius 2 is 2.05 bits per heavy atom. The molecule has 0 spiro atoms. The fourth-order valence-corrected chi connectivity index (χ4v) is 2.19. The van der Waals surface area contributed by atoms with Gasteiger partial charge in [0.2, 0.25) is 0 Å². The van der Waals surface area contributed by atoms with E-state index in [-0.39, 0.29) is 12.1 Å². The number of benzene rings is 1. The highest BCUT2D eigenvalue weighted by atomic mass is 16.5. The van der Waals surface area contributed by atoms with Crippen molar-refractivity contribution in [3.63, 3.8) is 0 Å². The molecule has 1 aromatic carbocycles. The molecule has 0 aromatic heterocycles. The molecule has 21 heavy (non-hydrogen) atoms. The first-order chi connectivity index (χ1) is 10.0. The van der Waals surface area contributed by atoms with Crippen molar-refractivity contribution in [1.82, 2.24) is 10.6 Å². The second kappa shape index (κ2) is 9.27. The Balaban J connectivity index is 2.28. The monoisotopic (exact) mass is 292 g/mol. The SMILES string of the molecule is COc1cccc(CC(C)NC(=O)NCCCC(C)C)c1. The zero-order valence-electron chi connectivity index (χ0n) is 13.6. The van der Waals surface area contributed by atoms with Gasteiger partial charge in [-0.2, -0.15) is 0 Å². The molecule has 0 saturated heterocycles. The van der Waals surface area contributed by atoms with E-state index < -0.39 is 0 Å². The number of methoxy groups -OCH3 is 1. The zero-order chi connectivity index (χ0) is 15.7. The van der Waals surface area contributed by atoms with Gasteiger partial charge in [0, 0.05) is 12.6 Å². The molecular weight excluding hydrogens is 264 g/mol. The second-order valence-corrected chi connectivity index (χ2v) is 5.89. The first-order valence-corrected chi connectivity index (χ1v) is 7.68. The van der Waals surface area contributed by atoms with Crippen LogP contribution in [0.5, 0.6) is 5.75 Å². The summed E-state index contributed by atoms with van der Waals surface area (Å²) >= 11 is 0. The molecule has 0 saturated carbocycles. The van der Waals surface area contributed by atoms with Gasteiger partial charge in [-0.05, 0) is 49.8 Å². The van der Waals surface area contributed by atoms with E-state index in [1.54, 1.807) is 7.11 Å². The van der Waals surface area contributed by atoms with E-state index in [9.17, 15) is 4.79 Å². The predicted molar refractivity (Wildman–Crippen MR) is 86.8 cm³/mol. The van der Waals surface area contributed by atoms with Gasteiger partial charge >= 0.3 is 6.03 Å². The smallest absolute Gasteiger partial charge is 0.315 e. The summed E-state index contributed by atoms with van der Waals surface area (Å²) in [6.45, 7) is 7.12. The molecule has 0 aliphatic rings. The molecule has 118 valence electrons. The summed E-state index contributed by atoms with van der Waals surface area (Å²) in [6.07, 6.45) is 2.95. The Morgan fingerprint density at radius 1 is 1.29 bits per heavy atom. The van der Waals surface area contributed by atoms with Crippen molar-refractivity contribution in [1.29, 1.82) is 0 Å². The third-order valence-corrected chi connectivity index (χ3v) is 3.30. The van der Waals surface area contributed by atoms with E-state index in [1.807, 2.05) is 31.2 Å². The van der Waals surface area contributed by atoms with Crippen LogP contribution in [-0.4, -0.2) is 25.7 Å². The van der Waals surface area contributed by atoms with Crippen LogP contribution in [-0.2, 0) is 6.42 Å². The third-order valence-electron chi connectivity index (χ3n) is 3.30. The number of amides is 2. The standard InChI is InChI=1S/C17H28N2O2/c1-13(2)7-6-10-18-17(20)19-14(3)11-15-8-5-9-16(12-15)21-4/h5,8-9,12-14H,6-7,10-11H2,1-4H3,(H2,18,19,20). The Bertz CT molecular complexity index is 433. The van der Waals surface area contributed by atoms with Gasteiger partial charge in [-0.15, -0.1) is 0 Å². The molecule has 1 aromatic rings. The summed E-state index contributed by atoms with van der Waals surface area (Å²) in [4.78, 5) is 11.8. The molecule has 1 atom stereocenters. The van der Waals surface area contributed by atoms with Crippen LogP contribution < -0.4 is 15.4 Å². The minimum absolute atomic E-state index is 0.0854. The maximum Gasteiger partial charge on any atom is 0.315 e. The van der Waals surface area contributed by atoms with E-state index in [4.69, 9.17) is 4.74 Å². The van der Waals surface area contributed by atoms with E-state index in [1.165, 1.54) is 0 Å². The highest BCUT2D eigenvalue weighted by Crippen LogP contribution is 2.13. The first kappa shape index (κ1) is 17.3. The van der Waals surface area contributed by atoms with Crippen molar-refractivity contribution in [2.24, 2.45) is 5.92 Å². The number of carbonyl (C=O) groups is 1. The van der Waals surface area contributed by atoms with Gasteiger partial charge in [0.05, 0.1) is 7.11 Å². The number of urea groups is 1. The lowest BCUT2D eigenvalue weighted by molar-refractivity contribution is 0.237. The molecular formula is C17H28N2O2. The summed E-state index contributed by atoms with van der Waals surface area (Å²) < 4.78 is 5.20. The number of carbonyl (C=O) groups excluding carboxylic acids is 1. The molecule has 1 rings (SSSR count). The van der Waals surface area contributed by atoms with Gasteiger partial charge in [0.25, 0.3) is 0 Å². The van der Waals surface area contributed by atoms with Crippen molar-refractivity contribution in [2.45, 2.75) is 46.1 Å². The molecule has 0 fully saturated rings. The normalized spacial score (nSPS) is 12.0. The molecule has 4 nitrogen and oxygen atoms in total. The Hall–Kier alpha value is -1.71. The highest BCUT2D eigenvalue weighted by Gasteiger charge is 2.08. The molecule has 0 heterocycles. The van der Waals surface area contributed by atoms with Crippen LogP contribution in [0.2, 0.25) is 0 Å². The fourth-order valence-electron chi connectivity index (χ4n) is 2.19. The van der Waals surface area contributed by atoms with Gasteiger partial charge in [0.1, 0.15) is 5.75 Å². The lowest BCUT2D eigenvalue weighted by Crippen LogP contribution is -2.42. The summed E-state index contributed by atoms with van der Waals surface area (Å²) in [6, 6.07) is 7.92. The average Bonchev–Trinajstić information content (AvgIpc) is 2.43. The minimum Gasteiger partial charge on any atom is -0.497 e. The lowest BCUT2D eigenvalue weighted by Gasteiger charge is -2.15. The molecule has 0 aliphatic heterocycles. The van der Waals surface area contributed by atoms with Gasteiger partial charge in [0.15, 0.2) is 0 Å².